The number of carboxylic acids is 1. The molecule has 110 valence electrons. The number of piperidine rings is 1. The lowest BCUT2D eigenvalue weighted by Crippen LogP contribution is -2.39. The minimum absolute atomic E-state index is 0.141. The first kappa shape index (κ1) is 15.0. The molecule has 0 spiro atoms. The first-order chi connectivity index (χ1) is 10.0. The van der Waals surface area contributed by atoms with E-state index in [0.717, 1.165) is 0 Å². The second kappa shape index (κ2) is 6.35. The molecule has 1 fully saturated rings. The highest BCUT2D eigenvalue weighted by Crippen LogP contribution is 2.21. The third-order valence-electron chi connectivity index (χ3n) is 3.79. The van der Waals surface area contributed by atoms with Gasteiger partial charge in [-0.05, 0) is 37.8 Å². The van der Waals surface area contributed by atoms with Gasteiger partial charge in [-0.15, -0.1) is 0 Å². The molecule has 1 amide bonds. The summed E-state index contributed by atoms with van der Waals surface area (Å²) in [5.41, 5.74) is 1.35. The number of carbonyl (C=O) groups is 2. The Bertz CT molecular complexity index is 599. The second-order valence-corrected chi connectivity index (χ2v) is 5.27. The molecule has 1 aromatic heterocycles. The van der Waals surface area contributed by atoms with Crippen LogP contribution in [0.1, 0.15) is 41.0 Å². The zero-order chi connectivity index (χ0) is 15.4. The number of rotatable bonds is 3. The van der Waals surface area contributed by atoms with Gasteiger partial charge in [0.15, 0.2) is 0 Å². The molecule has 6 heteroatoms. The van der Waals surface area contributed by atoms with Crippen molar-refractivity contribution in [2.24, 2.45) is 5.92 Å². The molecule has 0 saturated carbocycles. The minimum atomic E-state index is -0.788. The summed E-state index contributed by atoms with van der Waals surface area (Å²) in [6.07, 6.45) is 1.57. The van der Waals surface area contributed by atoms with Gasteiger partial charge in [-0.25, -0.2) is 4.98 Å². The first-order valence-electron chi connectivity index (χ1n) is 6.90. The Hall–Kier alpha value is -2.42. The summed E-state index contributed by atoms with van der Waals surface area (Å²) in [6, 6.07) is 5.19. The fourth-order valence-electron chi connectivity index (χ4n) is 2.55. The number of aliphatic carboxylic acids is 1. The number of carbonyl (C=O) groups excluding carboxylic acids is 1. The number of aryl methyl sites for hydroxylation is 1. The highest BCUT2D eigenvalue weighted by Gasteiger charge is 2.25. The molecule has 21 heavy (non-hydrogen) atoms. The highest BCUT2D eigenvalue weighted by atomic mass is 16.4. The predicted octanol–water partition coefficient (Wildman–Crippen LogP) is 1.59. The van der Waals surface area contributed by atoms with E-state index in [4.69, 9.17) is 10.4 Å². The quantitative estimate of drug-likeness (QED) is 0.911. The number of carboxylic acid groups (broad SMARTS) is 1. The molecule has 0 bridgehead atoms. The number of nitriles is 1. The summed E-state index contributed by atoms with van der Waals surface area (Å²) in [5.74, 6) is -0.803. The molecular weight excluding hydrogens is 270 g/mol. The van der Waals surface area contributed by atoms with E-state index in [1.54, 1.807) is 24.0 Å². The molecule has 1 saturated heterocycles. The molecule has 1 aliphatic heterocycles. The van der Waals surface area contributed by atoms with E-state index in [0.29, 0.717) is 42.9 Å². The van der Waals surface area contributed by atoms with Crippen LogP contribution in [-0.2, 0) is 4.79 Å². The molecule has 1 N–H and O–H groups in total. The molecule has 2 rings (SSSR count). The van der Waals surface area contributed by atoms with E-state index in [9.17, 15) is 9.59 Å². The molecule has 2 heterocycles. The van der Waals surface area contributed by atoms with Crippen LogP contribution in [0.4, 0.5) is 0 Å². The zero-order valence-electron chi connectivity index (χ0n) is 11.9. The van der Waals surface area contributed by atoms with Crippen LogP contribution in [0.15, 0.2) is 12.1 Å². The van der Waals surface area contributed by atoms with Gasteiger partial charge in [-0.2, -0.15) is 5.26 Å². The largest absolute Gasteiger partial charge is 0.481 e. The normalized spacial score (nSPS) is 15.5. The van der Waals surface area contributed by atoms with Crippen LogP contribution in [0.2, 0.25) is 0 Å². The SMILES string of the molecule is Cc1nc(C(=O)N2CCC(CC(=O)O)CC2)ccc1C#N. The van der Waals surface area contributed by atoms with Crippen molar-refractivity contribution in [3.63, 3.8) is 0 Å². The van der Waals surface area contributed by atoms with Crippen molar-refractivity contribution in [2.75, 3.05) is 13.1 Å². The van der Waals surface area contributed by atoms with Crippen molar-refractivity contribution in [1.29, 1.82) is 5.26 Å². The van der Waals surface area contributed by atoms with Gasteiger partial charge in [0, 0.05) is 19.5 Å². The number of aromatic nitrogens is 1. The van der Waals surface area contributed by atoms with Crippen molar-refractivity contribution in [3.05, 3.63) is 29.1 Å². The standard InChI is InChI=1S/C15H17N3O3/c1-10-12(9-16)2-3-13(17-10)15(21)18-6-4-11(5-7-18)8-14(19)20/h2-3,11H,4-8H2,1H3,(H,19,20). The van der Waals surface area contributed by atoms with Gasteiger partial charge in [0.1, 0.15) is 11.8 Å². The minimum Gasteiger partial charge on any atom is -0.481 e. The monoisotopic (exact) mass is 287 g/mol. The van der Waals surface area contributed by atoms with E-state index in [1.165, 1.54) is 0 Å². The summed E-state index contributed by atoms with van der Waals surface area (Å²) in [6.45, 7) is 2.81. The summed E-state index contributed by atoms with van der Waals surface area (Å²) in [4.78, 5) is 28.9. The lowest BCUT2D eigenvalue weighted by Gasteiger charge is -2.31. The van der Waals surface area contributed by atoms with Crippen LogP contribution in [0.3, 0.4) is 0 Å². The van der Waals surface area contributed by atoms with E-state index in [-0.39, 0.29) is 18.2 Å². The molecule has 0 aliphatic carbocycles. The predicted molar refractivity (Wildman–Crippen MR) is 74.6 cm³/mol. The number of nitrogens with zero attached hydrogens (tertiary/aromatic N) is 3. The van der Waals surface area contributed by atoms with Gasteiger partial charge in [0.2, 0.25) is 0 Å². The summed E-state index contributed by atoms with van der Waals surface area (Å²) >= 11 is 0. The molecule has 0 aromatic carbocycles. The lowest BCUT2D eigenvalue weighted by atomic mass is 9.93. The number of amides is 1. The summed E-state index contributed by atoms with van der Waals surface area (Å²) in [7, 11) is 0. The van der Waals surface area contributed by atoms with E-state index >= 15 is 0 Å². The van der Waals surface area contributed by atoms with E-state index in [1.807, 2.05) is 6.07 Å². The summed E-state index contributed by atoms with van der Waals surface area (Å²) in [5, 5.41) is 17.6. The molecule has 1 aliphatic rings. The molecule has 0 atom stereocenters. The Morgan fingerprint density at radius 2 is 2.10 bits per heavy atom. The smallest absolute Gasteiger partial charge is 0.303 e. The molecule has 0 radical (unpaired) electrons. The molecule has 6 nitrogen and oxygen atoms in total. The third-order valence-corrected chi connectivity index (χ3v) is 3.79. The van der Waals surface area contributed by atoms with Gasteiger partial charge in [-0.3, -0.25) is 9.59 Å². The fourth-order valence-corrected chi connectivity index (χ4v) is 2.55. The molecule has 1 aromatic rings. The lowest BCUT2D eigenvalue weighted by molar-refractivity contribution is -0.138. The fraction of sp³-hybridized carbons (Fsp3) is 0.467. The van der Waals surface area contributed by atoms with Crippen molar-refractivity contribution in [1.82, 2.24) is 9.88 Å². The number of likely N-dealkylation sites (tertiary alicyclic amines) is 1. The number of hydrogen-bond acceptors (Lipinski definition) is 4. The molecular formula is C15H17N3O3. The van der Waals surface area contributed by atoms with Gasteiger partial charge < -0.3 is 10.0 Å². The Morgan fingerprint density at radius 3 is 2.62 bits per heavy atom. The van der Waals surface area contributed by atoms with Gasteiger partial charge >= 0.3 is 5.97 Å². The Kier molecular flexibility index (Phi) is 4.53. The van der Waals surface area contributed by atoms with Crippen LogP contribution < -0.4 is 0 Å². The zero-order valence-corrected chi connectivity index (χ0v) is 11.9. The van der Waals surface area contributed by atoms with Crippen molar-refractivity contribution >= 4 is 11.9 Å². The van der Waals surface area contributed by atoms with Gasteiger partial charge in [-0.1, -0.05) is 0 Å². The maximum Gasteiger partial charge on any atom is 0.303 e. The number of pyridine rings is 1. The van der Waals surface area contributed by atoms with Crippen LogP contribution in [-0.4, -0.2) is 40.0 Å². The average Bonchev–Trinajstić information content (AvgIpc) is 2.46. The third kappa shape index (κ3) is 3.57. The highest BCUT2D eigenvalue weighted by molar-refractivity contribution is 5.92. The van der Waals surface area contributed by atoms with E-state index < -0.39 is 5.97 Å². The van der Waals surface area contributed by atoms with Gasteiger partial charge in [0.25, 0.3) is 5.91 Å². The van der Waals surface area contributed by atoms with E-state index in [2.05, 4.69) is 4.98 Å². The van der Waals surface area contributed by atoms with Crippen LogP contribution >= 0.6 is 0 Å². The Balaban J connectivity index is 2.00. The topological polar surface area (TPSA) is 94.3 Å². The van der Waals surface area contributed by atoms with Gasteiger partial charge in [0.05, 0.1) is 11.3 Å². The van der Waals surface area contributed by atoms with Crippen LogP contribution in [0, 0.1) is 24.2 Å². The number of hydrogen-bond donors (Lipinski definition) is 1. The first-order valence-corrected chi connectivity index (χ1v) is 6.90. The summed E-state index contributed by atoms with van der Waals surface area (Å²) < 4.78 is 0. The van der Waals surface area contributed by atoms with Crippen molar-refractivity contribution in [2.45, 2.75) is 26.2 Å². The average molecular weight is 287 g/mol. The Morgan fingerprint density at radius 1 is 1.43 bits per heavy atom. The van der Waals surface area contributed by atoms with Crippen molar-refractivity contribution in [3.8, 4) is 6.07 Å². The van der Waals surface area contributed by atoms with Crippen molar-refractivity contribution < 1.29 is 14.7 Å². The second-order valence-electron chi connectivity index (χ2n) is 5.27. The maximum absolute atomic E-state index is 12.3. The Labute approximate surface area is 123 Å². The molecule has 0 unspecified atom stereocenters. The maximum atomic E-state index is 12.3. The van der Waals surface area contributed by atoms with Crippen LogP contribution in [0.25, 0.3) is 0 Å². The van der Waals surface area contributed by atoms with Crippen LogP contribution in [0.5, 0.6) is 0 Å².